The molecule has 0 amide bonds. The second-order valence-corrected chi connectivity index (χ2v) is 4.28. The molecule has 1 aromatic carbocycles. The van der Waals surface area contributed by atoms with Crippen LogP contribution in [0.2, 0.25) is 0 Å². The molecule has 0 aliphatic carbocycles. The van der Waals surface area contributed by atoms with Gasteiger partial charge in [-0.3, -0.25) is 9.78 Å². The molecule has 0 aliphatic heterocycles. The van der Waals surface area contributed by atoms with E-state index in [0.717, 1.165) is 0 Å². The van der Waals surface area contributed by atoms with Crippen LogP contribution < -0.4 is 11.0 Å². The number of para-hydroxylation sites is 1. The number of aromatic nitrogens is 3. The van der Waals surface area contributed by atoms with E-state index in [0.29, 0.717) is 22.4 Å². The van der Waals surface area contributed by atoms with Crippen LogP contribution in [-0.4, -0.2) is 32.1 Å². The van der Waals surface area contributed by atoms with Crippen LogP contribution in [-0.2, 0) is 0 Å². The minimum absolute atomic E-state index is 0.237. The molecule has 98 valence electrons. The van der Waals surface area contributed by atoms with Crippen molar-refractivity contribution >= 4 is 23.5 Å². The monoisotopic (exact) mass is 267 g/mol. The number of benzene rings is 1. The zero-order chi connectivity index (χ0) is 14.1. The maximum atomic E-state index is 11.9. The standard InChI is InChI=1S/C13H10BN3O3/c18-13-9-3-1-2-4-10(9)16-12(17-13)11-6-5-8(7-15-11)14(19)20/h1-7,19-20H,(H,16,17,18). The Balaban J connectivity index is 2.12. The van der Waals surface area contributed by atoms with Gasteiger partial charge in [0.05, 0.1) is 10.9 Å². The predicted octanol–water partition coefficient (Wildman–Crippen LogP) is -0.335. The second-order valence-electron chi connectivity index (χ2n) is 4.28. The topological polar surface area (TPSA) is 99.1 Å². The van der Waals surface area contributed by atoms with Crippen LogP contribution >= 0.6 is 0 Å². The fraction of sp³-hybridized carbons (Fsp3) is 0. The third kappa shape index (κ3) is 2.20. The number of hydrogen-bond acceptors (Lipinski definition) is 5. The molecule has 3 rings (SSSR count). The summed E-state index contributed by atoms with van der Waals surface area (Å²) in [5, 5.41) is 18.5. The summed E-state index contributed by atoms with van der Waals surface area (Å²) in [4.78, 5) is 23.0. The molecule has 0 bridgehead atoms. The van der Waals surface area contributed by atoms with Crippen LogP contribution in [0.15, 0.2) is 47.4 Å². The lowest BCUT2D eigenvalue weighted by molar-refractivity contribution is 0.425. The largest absolute Gasteiger partial charge is 0.490 e. The van der Waals surface area contributed by atoms with E-state index in [1.807, 2.05) is 0 Å². The van der Waals surface area contributed by atoms with E-state index in [-0.39, 0.29) is 11.0 Å². The van der Waals surface area contributed by atoms with Crippen molar-refractivity contribution < 1.29 is 10.0 Å². The Morgan fingerprint density at radius 2 is 1.90 bits per heavy atom. The molecule has 0 radical (unpaired) electrons. The molecule has 0 atom stereocenters. The van der Waals surface area contributed by atoms with Gasteiger partial charge in [0.25, 0.3) is 5.56 Å². The van der Waals surface area contributed by atoms with Crippen LogP contribution in [0.5, 0.6) is 0 Å². The zero-order valence-electron chi connectivity index (χ0n) is 10.3. The highest BCUT2D eigenvalue weighted by Crippen LogP contribution is 2.12. The predicted molar refractivity (Wildman–Crippen MR) is 75.4 cm³/mol. The summed E-state index contributed by atoms with van der Waals surface area (Å²) in [5.74, 6) is 0.340. The van der Waals surface area contributed by atoms with Crippen LogP contribution in [0, 0.1) is 0 Å². The van der Waals surface area contributed by atoms with Crippen molar-refractivity contribution in [3.05, 3.63) is 52.9 Å². The van der Waals surface area contributed by atoms with Crippen molar-refractivity contribution in [3.8, 4) is 11.5 Å². The molecule has 0 saturated carbocycles. The highest BCUT2D eigenvalue weighted by molar-refractivity contribution is 6.58. The Kier molecular flexibility index (Phi) is 3.05. The van der Waals surface area contributed by atoms with E-state index >= 15 is 0 Å². The summed E-state index contributed by atoms with van der Waals surface area (Å²) >= 11 is 0. The Morgan fingerprint density at radius 1 is 1.10 bits per heavy atom. The van der Waals surface area contributed by atoms with Crippen molar-refractivity contribution in [2.75, 3.05) is 0 Å². The van der Waals surface area contributed by atoms with E-state index in [1.165, 1.54) is 12.3 Å². The SMILES string of the molecule is O=c1[nH]c(-c2ccc(B(O)O)cn2)nc2ccccc12. The van der Waals surface area contributed by atoms with Gasteiger partial charge in [0, 0.05) is 11.7 Å². The minimum atomic E-state index is -1.57. The first kappa shape index (κ1) is 12.5. The Morgan fingerprint density at radius 3 is 2.60 bits per heavy atom. The molecule has 0 aliphatic rings. The van der Waals surface area contributed by atoms with E-state index in [4.69, 9.17) is 10.0 Å². The fourth-order valence-electron chi connectivity index (χ4n) is 1.91. The number of nitrogens with zero attached hydrogens (tertiary/aromatic N) is 2. The lowest BCUT2D eigenvalue weighted by atomic mass is 9.82. The van der Waals surface area contributed by atoms with Gasteiger partial charge in [0.1, 0.15) is 5.69 Å². The van der Waals surface area contributed by atoms with E-state index in [9.17, 15) is 4.79 Å². The third-order valence-corrected chi connectivity index (χ3v) is 2.94. The average Bonchev–Trinajstić information content (AvgIpc) is 2.47. The van der Waals surface area contributed by atoms with E-state index < -0.39 is 7.12 Å². The molecule has 20 heavy (non-hydrogen) atoms. The third-order valence-electron chi connectivity index (χ3n) is 2.94. The Bertz CT molecular complexity index is 815. The first-order valence-electron chi connectivity index (χ1n) is 5.96. The van der Waals surface area contributed by atoms with Crippen molar-refractivity contribution in [1.29, 1.82) is 0 Å². The van der Waals surface area contributed by atoms with Crippen molar-refractivity contribution in [1.82, 2.24) is 15.0 Å². The fourth-order valence-corrected chi connectivity index (χ4v) is 1.91. The summed E-state index contributed by atoms with van der Waals surface area (Å²) in [7, 11) is -1.57. The molecule has 0 unspecified atom stereocenters. The number of rotatable bonds is 2. The molecule has 0 fully saturated rings. The maximum absolute atomic E-state index is 11.9. The summed E-state index contributed by atoms with van der Waals surface area (Å²) in [6.45, 7) is 0. The second kappa shape index (κ2) is 4.88. The first-order valence-corrected chi connectivity index (χ1v) is 5.96. The maximum Gasteiger partial charge on any atom is 0.490 e. The van der Waals surface area contributed by atoms with E-state index in [1.54, 1.807) is 30.3 Å². The van der Waals surface area contributed by atoms with Gasteiger partial charge in [-0.1, -0.05) is 18.2 Å². The molecule has 7 heteroatoms. The molecule has 6 nitrogen and oxygen atoms in total. The van der Waals surface area contributed by atoms with Crippen molar-refractivity contribution in [2.45, 2.75) is 0 Å². The number of aromatic amines is 1. The van der Waals surface area contributed by atoms with Gasteiger partial charge in [0.15, 0.2) is 5.82 Å². The Hall–Kier alpha value is -2.51. The van der Waals surface area contributed by atoms with Crippen LogP contribution in [0.25, 0.3) is 22.4 Å². The molecule has 3 aromatic rings. The quantitative estimate of drug-likeness (QED) is 0.552. The van der Waals surface area contributed by atoms with Crippen LogP contribution in [0.1, 0.15) is 0 Å². The summed E-state index contributed by atoms with van der Waals surface area (Å²) in [6, 6.07) is 10.1. The normalized spacial score (nSPS) is 10.7. The highest BCUT2D eigenvalue weighted by atomic mass is 16.4. The molecule has 0 spiro atoms. The van der Waals surface area contributed by atoms with Gasteiger partial charge in [-0.2, -0.15) is 0 Å². The molecular weight excluding hydrogens is 257 g/mol. The number of fused-ring (bicyclic) bond motifs is 1. The summed E-state index contributed by atoms with van der Waals surface area (Å²) < 4.78 is 0. The van der Waals surface area contributed by atoms with Crippen LogP contribution in [0.4, 0.5) is 0 Å². The number of pyridine rings is 1. The van der Waals surface area contributed by atoms with E-state index in [2.05, 4.69) is 15.0 Å². The van der Waals surface area contributed by atoms with Gasteiger partial charge in [-0.25, -0.2) is 4.98 Å². The summed E-state index contributed by atoms with van der Waals surface area (Å²) in [6.07, 6.45) is 1.33. The first-order chi connectivity index (χ1) is 9.65. The summed E-state index contributed by atoms with van der Waals surface area (Å²) in [5.41, 5.74) is 1.08. The highest BCUT2D eigenvalue weighted by Gasteiger charge is 2.12. The van der Waals surface area contributed by atoms with Gasteiger partial charge in [-0.05, 0) is 18.2 Å². The molecule has 3 N–H and O–H groups in total. The number of nitrogens with one attached hydrogen (secondary N) is 1. The number of H-pyrrole nitrogens is 1. The van der Waals surface area contributed by atoms with Gasteiger partial charge < -0.3 is 15.0 Å². The lowest BCUT2D eigenvalue weighted by Crippen LogP contribution is -2.30. The molecule has 2 heterocycles. The Labute approximate surface area is 113 Å². The van der Waals surface area contributed by atoms with Gasteiger partial charge in [-0.15, -0.1) is 0 Å². The minimum Gasteiger partial charge on any atom is -0.423 e. The van der Waals surface area contributed by atoms with Crippen molar-refractivity contribution in [3.63, 3.8) is 0 Å². The lowest BCUT2D eigenvalue weighted by Gasteiger charge is -2.03. The van der Waals surface area contributed by atoms with Gasteiger partial charge >= 0.3 is 7.12 Å². The van der Waals surface area contributed by atoms with Gasteiger partial charge in [0.2, 0.25) is 0 Å². The average molecular weight is 267 g/mol. The molecule has 0 saturated heterocycles. The van der Waals surface area contributed by atoms with Crippen molar-refractivity contribution in [2.24, 2.45) is 0 Å². The smallest absolute Gasteiger partial charge is 0.423 e. The molecular formula is C13H10BN3O3. The zero-order valence-corrected chi connectivity index (χ0v) is 10.3. The molecule has 2 aromatic heterocycles. The number of hydrogen-bond donors (Lipinski definition) is 3. The van der Waals surface area contributed by atoms with Crippen LogP contribution in [0.3, 0.4) is 0 Å².